The lowest BCUT2D eigenvalue weighted by atomic mass is 10.0. The Hall–Kier alpha value is -2.42. The van der Waals surface area contributed by atoms with E-state index in [2.05, 4.69) is 67.3 Å². The van der Waals surface area contributed by atoms with Crippen LogP contribution in [0.1, 0.15) is 31.7 Å². The van der Waals surface area contributed by atoms with E-state index < -0.39 is 0 Å². The van der Waals surface area contributed by atoms with E-state index in [4.69, 9.17) is 9.97 Å². The molecule has 1 unspecified atom stereocenters. The third kappa shape index (κ3) is 2.75. The summed E-state index contributed by atoms with van der Waals surface area (Å²) in [6.07, 6.45) is 3.74. The van der Waals surface area contributed by atoms with Crippen molar-refractivity contribution in [1.82, 2.24) is 9.97 Å². The second-order valence-corrected chi connectivity index (χ2v) is 6.80. The lowest BCUT2D eigenvalue weighted by molar-refractivity contribution is 0.478. The molecule has 1 atom stereocenters. The molecule has 1 aromatic heterocycles. The molecule has 2 aromatic carbocycles. The van der Waals surface area contributed by atoms with Crippen LogP contribution >= 0.6 is 0 Å². The van der Waals surface area contributed by atoms with Crippen LogP contribution in [0.4, 0.5) is 5.95 Å². The standard InChI is InChI=1S/C21H23N3/c1-15-8-7-10-17(14-15)20-18-11-3-4-12-19(18)22-21(23-20)24-13-6-5-9-16(24)2/h3-4,7-8,10-12,14,16H,5-6,9,13H2,1-2H3. The van der Waals surface area contributed by atoms with Crippen LogP contribution in [0, 0.1) is 6.92 Å². The summed E-state index contributed by atoms with van der Waals surface area (Å²) < 4.78 is 0. The topological polar surface area (TPSA) is 29.0 Å². The Kier molecular flexibility index (Phi) is 3.93. The van der Waals surface area contributed by atoms with E-state index in [0.717, 1.165) is 29.1 Å². The molecule has 0 N–H and O–H groups in total. The molecule has 0 saturated carbocycles. The number of aryl methyl sites for hydroxylation is 1. The zero-order chi connectivity index (χ0) is 16.5. The van der Waals surface area contributed by atoms with E-state index in [1.54, 1.807) is 0 Å². The number of rotatable bonds is 2. The number of nitrogens with zero attached hydrogens (tertiary/aromatic N) is 3. The summed E-state index contributed by atoms with van der Waals surface area (Å²) in [5, 5.41) is 1.12. The molecular weight excluding hydrogens is 294 g/mol. The number of aromatic nitrogens is 2. The molecular formula is C21H23N3. The average Bonchev–Trinajstić information content (AvgIpc) is 2.61. The van der Waals surface area contributed by atoms with Crippen LogP contribution in [0.25, 0.3) is 22.2 Å². The van der Waals surface area contributed by atoms with Gasteiger partial charge in [-0.1, -0.05) is 42.0 Å². The van der Waals surface area contributed by atoms with Gasteiger partial charge < -0.3 is 4.90 Å². The van der Waals surface area contributed by atoms with Gasteiger partial charge in [-0.25, -0.2) is 9.97 Å². The van der Waals surface area contributed by atoms with E-state index >= 15 is 0 Å². The van der Waals surface area contributed by atoms with Gasteiger partial charge in [0.2, 0.25) is 5.95 Å². The molecule has 1 fully saturated rings. The fourth-order valence-corrected chi connectivity index (χ4v) is 3.60. The Morgan fingerprint density at radius 1 is 1.00 bits per heavy atom. The van der Waals surface area contributed by atoms with E-state index in [-0.39, 0.29) is 0 Å². The van der Waals surface area contributed by atoms with Crippen LogP contribution in [-0.4, -0.2) is 22.6 Å². The molecule has 3 nitrogen and oxygen atoms in total. The van der Waals surface area contributed by atoms with Crippen LogP contribution in [-0.2, 0) is 0 Å². The molecule has 0 spiro atoms. The van der Waals surface area contributed by atoms with Crippen molar-refractivity contribution in [3.63, 3.8) is 0 Å². The lowest BCUT2D eigenvalue weighted by Gasteiger charge is -2.33. The summed E-state index contributed by atoms with van der Waals surface area (Å²) in [5.74, 6) is 0.873. The molecule has 1 saturated heterocycles. The predicted molar refractivity (Wildman–Crippen MR) is 100 cm³/mol. The highest BCUT2D eigenvalue weighted by atomic mass is 15.3. The monoisotopic (exact) mass is 317 g/mol. The van der Waals surface area contributed by atoms with Crippen molar-refractivity contribution in [3.8, 4) is 11.3 Å². The maximum absolute atomic E-state index is 5.00. The number of hydrogen-bond acceptors (Lipinski definition) is 3. The van der Waals surface area contributed by atoms with Crippen LogP contribution in [0.3, 0.4) is 0 Å². The zero-order valence-electron chi connectivity index (χ0n) is 14.4. The predicted octanol–water partition coefficient (Wildman–Crippen LogP) is 4.98. The molecule has 0 bridgehead atoms. The molecule has 0 aliphatic carbocycles. The summed E-state index contributed by atoms with van der Waals surface area (Å²) >= 11 is 0. The SMILES string of the molecule is Cc1cccc(-c2nc(N3CCCCC3C)nc3ccccc23)c1. The van der Waals surface area contributed by atoms with Crippen molar-refractivity contribution in [3.05, 3.63) is 54.1 Å². The number of anilines is 1. The Labute approximate surface area is 143 Å². The number of para-hydroxylation sites is 1. The van der Waals surface area contributed by atoms with E-state index in [9.17, 15) is 0 Å². The van der Waals surface area contributed by atoms with Crippen LogP contribution in [0.15, 0.2) is 48.5 Å². The zero-order valence-corrected chi connectivity index (χ0v) is 14.4. The molecule has 122 valence electrons. The fourth-order valence-electron chi connectivity index (χ4n) is 3.60. The maximum Gasteiger partial charge on any atom is 0.226 e. The van der Waals surface area contributed by atoms with Crippen molar-refractivity contribution < 1.29 is 0 Å². The number of benzene rings is 2. The third-order valence-electron chi connectivity index (χ3n) is 4.94. The highest BCUT2D eigenvalue weighted by Crippen LogP contribution is 2.30. The van der Waals surface area contributed by atoms with Gasteiger partial charge in [0.05, 0.1) is 11.2 Å². The van der Waals surface area contributed by atoms with E-state index in [1.165, 1.54) is 30.4 Å². The Morgan fingerprint density at radius 2 is 1.88 bits per heavy atom. The first-order valence-electron chi connectivity index (χ1n) is 8.83. The quantitative estimate of drug-likeness (QED) is 0.667. The molecule has 4 rings (SSSR count). The molecule has 3 heteroatoms. The molecule has 0 radical (unpaired) electrons. The first-order chi connectivity index (χ1) is 11.7. The third-order valence-corrected chi connectivity index (χ3v) is 4.94. The molecule has 2 heterocycles. The van der Waals surface area contributed by atoms with Crippen molar-refractivity contribution in [2.24, 2.45) is 0 Å². The normalized spacial score (nSPS) is 18.1. The number of hydrogen-bond donors (Lipinski definition) is 0. The highest BCUT2D eigenvalue weighted by Gasteiger charge is 2.22. The first-order valence-corrected chi connectivity index (χ1v) is 8.83. The van der Waals surface area contributed by atoms with E-state index in [0.29, 0.717) is 6.04 Å². The van der Waals surface area contributed by atoms with Crippen LogP contribution < -0.4 is 4.90 Å². The van der Waals surface area contributed by atoms with Gasteiger partial charge in [0.1, 0.15) is 0 Å². The van der Waals surface area contributed by atoms with Gasteiger partial charge in [-0.3, -0.25) is 0 Å². The number of fused-ring (bicyclic) bond motifs is 1. The van der Waals surface area contributed by atoms with Gasteiger partial charge in [0, 0.05) is 23.5 Å². The number of piperidine rings is 1. The summed E-state index contributed by atoms with van der Waals surface area (Å²) in [7, 11) is 0. The summed E-state index contributed by atoms with van der Waals surface area (Å²) in [6, 6.07) is 17.4. The maximum atomic E-state index is 5.00. The molecule has 3 aromatic rings. The summed E-state index contributed by atoms with van der Waals surface area (Å²) in [6.45, 7) is 5.46. The van der Waals surface area contributed by atoms with Gasteiger partial charge >= 0.3 is 0 Å². The largest absolute Gasteiger partial charge is 0.338 e. The fraction of sp³-hybridized carbons (Fsp3) is 0.333. The van der Waals surface area contributed by atoms with Gasteiger partial charge in [-0.05, 0) is 45.2 Å². The molecule has 1 aliphatic heterocycles. The summed E-state index contributed by atoms with van der Waals surface area (Å²) in [5.41, 5.74) is 4.48. The van der Waals surface area contributed by atoms with Crippen LogP contribution in [0.2, 0.25) is 0 Å². The average molecular weight is 317 g/mol. The van der Waals surface area contributed by atoms with Gasteiger partial charge in [-0.2, -0.15) is 0 Å². The minimum absolute atomic E-state index is 0.505. The van der Waals surface area contributed by atoms with Crippen molar-refractivity contribution in [1.29, 1.82) is 0 Å². The molecule has 0 amide bonds. The van der Waals surface area contributed by atoms with Crippen molar-refractivity contribution >= 4 is 16.9 Å². The van der Waals surface area contributed by atoms with Crippen LogP contribution in [0.5, 0.6) is 0 Å². The minimum Gasteiger partial charge on any atom is -0.338 e. The second-order valence-electron chi connectivity index (χ2n) is 6.80. The summed E-state index contributed by atoms with van der Waals surface area (Å²) in [4.78, 5) is 12.2. The molecule has 24 heavy (non-hydrogen) atoms. The van der Waals surface area contributed by atoms with Gasteiger partial charge in [-0.15, -0.1) is 0 Å². The smallest absolute Gasteiger partial charge is 0.226 e. The lowest BCUT2D eigenvalue weighted by Crippen LogP contribution is -2.38. The molecule has 1 aliphatic rings. The minimum atomic E-state index is 0.505. The van der Waals surface area contributed by atoms with Gasteiger partial charge in [0.25, 0.3) is 0 Å². The van der Waals surface area contributed by atoms with Gasteiger partial charge in [0.15, 0.2) is 0 Å². The first kappa shape index (κ1) is 15.1. The Balaban J connectivity index is 1.91. The Morgan fingerprint density at radius 3 is 2.71 bits per heavy atom. The Bertz CT molecular complexity index is 872. The van der Waals surface area contributed by atoms with Crippen molar-refractivity contribution in [2.45, 2.75) is 39.2 Å². The highest BCUT2D eigenvalue weighted by molar-refractivity contribution is 5.93. The second kappa shape index (κ2) is 6.23. The van der Waals surface area contributed by atoms with Crippen molar-refractivity contribution in [2.75, 3.05) is 11.4 Å². The van der Waals surface area contributed by atoms with E-state index in [1.807, 2.05) is 0 Å².